The number of para-hydroxylation sites is 1. The van der Waals surface area contributed by atoms with Crippen LogP contribution in [-0.4, -0.2) is 23.3 Å². The molecule has 4 aromatic rings. The molecule has 0 aromatic heterocycles. The van der Waals surface area contributed by atoms with Crippen molar-refractivity contribution in [3.05, 3.63) is 131 Å². The van der Waals surface area contributed by atoms with Gasteiger partial charge in [0.25, 0.3) is 11.8 Å². The lowest BCUT2D eigenvalue weighted by Gasteiger charge is -2.24. The van der Waals surface area contributed by atoms with E-state index in [2.05, 4.69) is 5.32 Å². The fraction of sp³-hybridized carbons (Fsp3) is 0.133. The molecule has 0 saturated heterocycles. The lowest BCUT2D eigenvalue weighted by Crippen LogP contribution is -2.34. The van der Waals surface area contributed by atoms with E-state index >= 15 is 0 Å². The van der Waals surface area contributed by atoms with E-state index in [1.165, 1.54) is 18.2 Å². The van der Waals surface area contributed by atoms with Crippen LogP contribution in [0, 0.1) is 5.82 Å². The van der Waals surface area contributed by atoms with E-state index < -0.39 is 11.7 Å². The zero-order valence-electron chi connectivity index (χ0n) is 20.3. The molecule has 0 radical (unpaired) electrons. The summed E-state index contributed by atoms with van der Waals surface area (Å²) in [6.07, 6.45) is 0. The van der Waals surface area contributed by atoms with Gasteiger partial charge in [0.05, 0.1) is 0 Å². The van der Waals surface area contributed by atoms with Gasteiger partial charge >= 0.3 is 0 Å². The van der Waals surface area contributed by atoms with Gasteiger partial charge in [-0.3, -0.25) is 9.59 Å². The summed E-state index contributed by atoms with van der Waals surface area (Å²) in [5, 5.41) is 2.76. The van der Waals surface area contributed by atoms with Gasteiger partial charge in [-0.25, -0.2) is 4.39 Å². The van der Waals surface area contributed by atoms with Crippen LogP contribution < -0.4 is 15.8 Å². The minimum absolute atomic E-state index is 0.0949. The molecule has 0 bridgehead atoms. The van der Waals surface area contributed by atoms with Gasteiger partial charge in [-0.1, -0.05) is 60.7 Å². The van der Waals surface area contributed by atoms with E-state index in [0.717, 1.165) is 16.7 Å². The number of halogens is 1. The Morgan fingerprint density at radius 1 is 0.784 bits per heavy atom. The number of hydrogen-bond donors (Lipinski definition) is 2. The van der Waals surface area contributed by atoms with Crippen LogP contribution in [0.5, 0.6) is 5.75 Å². The summed E-state index contributed by atoms with van der Waals surface area (Å²) in [5.41, 5.74) is 9.43. The number of ether oxygens (including phenoxy) is 1. The van der Waals surface area contributed by atoms with Gasteiger partial charge in [0, 0.05) is 30.9 Å². The average molecular weight is 498 g/mol. The minimum Gasteiger partial charge on any atom is -0.484 e. The lowest BCUT2D eigenvalue weighted by atomic mass is 10.1. The van der Waals surface area contributed by atoms with Gasteiger partial charge < -0.3 is 20.7 Å². The summed E-state index contributed by atoms with van der Waals surface area (Å²) in [7, 11) is 0. The third-order valence-corrected chi connectivity index (χ3v) is 5.73. The van der Waals surface area contributed by atoms with E-state index in [1.54, 1.807) is 35.2 Å². The van der Waals surface area contributed by atoms with Gasteiger partial charge in [0.2, 0.25) is 0 Å². The summed E-state index contributed by atoms with van der Waals surface area (Å²) in [4.78, 5) is 27.3. The zero-order chi connectivity index (χ0) is 26.0. The van der Waals surface area contributed by atoms with E-state index in [4.69, 9.17) is 10.5 Å². The van der Waals surface area contributed by atoms with Crippen LogP contribution in [0.3, 0.4) is 0 Å². The van der Waals surface area contributed by atoms with Crippen LogP contribution in [-0.2, 0) is 24.4 Å². The van der Waals surface area contributed by atoms with Crippen molar-refractivity contribution in [3.63, 3.8) is 0 Å². The zero-order valence-corrected chi connectivity index (χ0v) is 20.3. The molecule has 0 spiro atoms. The summed E-state index contributed by atoms with van der Waals surface area (Å²) in [5.74, 6) is -0.410. The maximum Gasteiger partial charge on any atom is 0.261 e. The third-order valence-electron chi connectivity index (χ3n) is 5.73. The van der Waals surface area contributed by atoms with Crippen LogP contribution in [0.15, 0.2) is 103 Å². The number of carbonyl (C=O) groups excluding carboxylic acids is 2. The van der Waals surface area contributed by atoms with Crippen molar-refractivity contribution >= 4 is 17.5 Å². The van der Waals surface area contributed by atoms with Crippen molar-refractivity contribution in [2.24, 2.45) is 5.73 Å². The van der Waals surface area contributed by atoms with Crippen LogP contribution in [0.2, 0.25) is 0 Å². The van der Waals surface area contributed by atoms with E-state index in [-0.39, 0.29) is 18.1 Å². The van der Waals surface area contributed by atoms with Gasteiger partial charge in [-0.2, -0.15) is 0 Å². The first-order valence-corrected chi connectivity index (χ1v) is 11.9. The topological polar surface area (TPSA) is 84.7 Å². The summed E-state index contributed by atoms with van der Waals surface area (Å²) in [6.45, 7) is 1.06. The highest BCUT2D eigenvalue weighted by Gasteiger charge is 2.16. The molecule has 0 unspecified atom stereocenters. The number of benzene rings is 4. The van der Waals surface area contributed by atoms with Crippen LogP contribution in [0.4, 0.5) is 10.1 Å². The quantitative estimate of drug-likeness (QED) is 0.318. The number of nitrogens with two attached hydrogens (primary N) is 1. The van der Waals surface area contributed by atoms with Crippen molar-refractivity contribution in [1.29, 1.82) is 0 Å². The monoisotopic (exact) mass is 497 g/mol. The van der Waals surface area contributed by atoms with Crippen molar-refractivity contribution in [2.45, 2.75) is 19.6 Å². The molecule has 37 heavy (non-hydrogen) atoms. The summed E-state index contributed by atoms with van der Waals surface area (Å²) >= 11 is 0. The Kier molecular flexibility index (Phi) is 8.62. The Morgan fingerprint density at radius 2 is 1.49 bits per heavy atom. The smallest absolute Gasteiger partial charge is 0.261 e. The highest BCUT2D eigenvalue weighted by Crippen LogP contribution is 2.17. The number of nitrogens with zero attached hydrogens (tertiary/aromatic N) is 1. The number of amides is 2. The van der Waals surface area contributed by atoms with Gasteiger partial charge in [0.1, 0.15) is 11.6 Å². The fourth-order valence-corrected chi connectivity index (χ4v) is 3.81. The number of carbonyl (C=O) groups is 2. The minimum atomic E-state index is -0.471. The second-order valence-electron chi connectivity index (χ2n) is 8.54. The Hall–Kier alpha value is -4.49. The molecule has 188 valence electrons. The predicted octanol–water partition coefficient (Wildman–Crippen LogP) is 5.14. The molecule has 2 amide bonds. The second kappa shape index (κ2) is 12.5. The normalized spacial score (nSPS) is 10.5. The van der Waals surface area contributed by atoms with Gasteiger partial charge in [-0.15, -0.1) is 0 Å². The van der Waals surface area contributed by atoms with Crippen molar-refractivity contribution in [2.75, 3.05) is 11.9 Å². The maximum atomic E-state index is 13.4. The lowest BCUT2D eigenvalue weighted by molar-refractivity contribution is -0.134. The molecule has 0 heterocycles. The fourth-order valence-electron chi connectivity index (χ4n) is 3.81. The maximum absolute atomic E-state index is 13.4. The number of nitrogens with one attached hydrogen (secondary N) is 1. The third kappa shape index (κ3) is 7.49. The Balaban J connectivity index is 1.45. The number of anilines is 1. The van der Waals surface area contributed by atoms with Gasteiger partial charge in [-0.05, 0) is 59.2 Å². The van der Waals surface area contributed by atoms with E-state index in [1.807, 2.05) is 54.6 Å². The van der Waals surface area contributed by atoms with E-state index in [9.17, 15) is 14.0 Å². The largest absolute Gasteiger partial charge is 0.484 e. The Morgan fingerprint density at radius 3 is 2.22 bits per heavy atom. The molecule has 0 aliphatic carbocycles. The molecule has 6 nitrogen and oxygen atoms in total. The highest BCUT2D eigenvalue weighted by molar-refractivity contribution is 6.04. The van der Waals surface area contributed by atoms with Gasteiger partial charge in [0.15, 0.2) is 6.61 Å². The molecule has 4 aromatic carbocycles. The summed E-state index contributed by atoms with van der Waals surface area (Å²) < 4.78 is 19.1. The van der Waals surface area contributed by atoms with Crippen molar-refractivity contribution in [3.8, 4) is 5.75 Å². The Labute approximate surface area is 215 Å². The second-order valence-corrected chi connectivity index (χ2v) is 8.54. The predicted molar refractivity (Wildman–Crippen MR) is 141 cm³/mol. The van der Waals surface area contributed by atoms with E-state index in [0.29, 0.717) is 31.1 Å². The molecule has 0 atom stereocenters. The standard InChI is InChI=1S/C30H28FN3O3/c31-26-9-5-8-25(17-26)30(36)33-27-14-12-22(13-15-27)19-34(20-24-7-4-6-23(16-24)18-32)29(35)21-37-28-10-2-1-3-11-28/h1-17H,18-21,32H2,(H,33,36). The molecule has 7 heteroatoms. The molecule has 0 fully saturated rings. The first-order chi connectivity index (χ1) is 18.0. The molecular weight excluding hydrogens is 469 g/mol. The van der Waals surface area contributed by atoms with Crippen LogP contribution in [0.1, 0.15) is 27.0 Å². The number of rotatable bonds is 10. The first kappa shape index (κ1) is 25.6. The molecule has 0 saturated carbocycles. The molecule has 0 aliphatic rings. The molecular formula is C30H28FN3O3. The summed E-state index contributed by atoms with van der Waals surface area (Å²) in [6, 6.07) is 29.7. The molecule has 0 aliphatic heterocycles. The number of hydrogen-bond acceptors (Lipinski definition) is 4. The van der Waals surface area contributed by atoms with Crippen molar-refractivity contribution < 1.29 is 18.7 Å². The van der Waals surface area contributed by atoms with Crippen LogP contribution >= 0.6 is 0 Å². The van der Waals surface area contributed by atoms with Crippen LogP contribution in [0.25, 0.3) is 0 Å². The first-order valence-electron chi connectivity index (χ1n) is 11.9. The molecule has 4 rings (SSSR count). The molecule has 3 N–H and O–H groups in total. The Bertz CT molecular complexity index is 1340. The van der Waals surface area contributed by atoms with Crippen molar-refractivity contribution in [1.82, 2.24) is 4.90 Å². The highest BCUT2D eigenvalue weighted by atomic mass is 19.1. The average Bonchev–Trinajstić information content (AvgIpc) is 2.93. The SMILES string of the molecule is NCc1cccc(CN(Cc2ccc(NC(=O)c3cccc(F)c3)cc2)C(=O)COc2ccccc2)c1.